The predicted molar refractivity (Wildman–Crippen MR) is 79.1 cm³/mol. The van der Waals surface area contributed by atoms with Gasteiger partial charge in [-0.3, -0.25) is 0 Å². The SMILES string of the molecule is CCCNCc1ccc(SC(C)(C)C)c(C(F)(F)F)c1. The van der Waals surface area contributed by atoms with E-state index in [0.717, 1.165) is 13.0 Å². The van der Waals surface area contributed by atoms with Crippen molar-refractivity contribution in [1.29, 1.82) is 0 Å². The summed E-state index contributed by atoms with van der Waals surface area (Å²) in [7, 11) is 0. The summed E-state index contributed by atoms with van der Waals surface area (Å²) in [6, 6.07) is 4.62. The van der Waals surface area contributed by atoms with Gasteiger partial charge in [0.15, 0.2) is 0 Å². The van der Waals surface area contributed by atoms with Crippen molar-refractivity contribution in [3.05, 3.63) is 29.3 Å². The van der Waals surface area contributed by atoms with E-state index >= 15 is 0 Å². The molecule has 0 saturated carbocycles. The number of nitrogens with one attached hydrogen (secondary N) is 1. The Morgan fingerprint density at radius 1 is 1.15 bits per heavy atom. The van der Waals surface area contributed by atoms with E-state index in [4.69, 9.17) is 0 Å². The molecule has 0 heterocycles. The molecule has 20 heavy (non-hydrogen) atoms. The van der Waals surface area contributed by atoms with Crippen molar-refractivity contribution in [2.75, 3.05) is 6.54 Å². The Bertz CT molecular complexity index is 436. The summed E-state index contributed by atoms with van der Waals surface area (Å²) < 4.78 is 39.2. The lowest BCUT2D eigenvalue weighted by atomic mass is 10.1. The fraction of sp³-hybridized carbons (Fsp3) is 0.600. The number of thioether (sulfide) groups is 1. The highest BCUT2D eigenvalue weighted by atomic mass is 32.2. The summed E-state index contributed by atoms with van der Waals surface area (Å²) in [4.78, 5) is 0.296. The molecule has 0 aliphatic rings. The molecule has 0 saturated heterocycles. The van der Waals surface area contributed by atoms with E-state index in [-0.39, 0.29) is 4.75 Å². The van der Waals surface area contributed by atoms with Gasteiger partial charge in [0.05, 0.1) is 5.56 Å². The molecule has 0 aliphatic heterocycles. The quantitative estimate of drug-likeness (QED) is 0.600. The Morgan fingerprint density at radius 2 is 1.80 bits per heavy atom. The van der Waals surface area contributed by atoms with Crippen LogP contribution in [-0.4, -0.2) is 11.3 Å². The normalized spacial score (nSPS) is 12.8. The number of hydrogen-bond acceptors (Lipinski definition) is 2. The second-order valence-electron chi connectivity index (χ2n) is 5.72. The summed E-state index contributed by atoms with van der Waals surface area (Å²) in [5, 5.41) is 3.12. The van der Waals surface area contributed by atoms with Crippen molar-refractivity contribution in [3.63, 3.8) is 0 Å². The minimum atomic E-state index is -4.31. The van der Waals surface area contributed by atoms with Crippen LogP contribution in [0.3, 0.4) is 0 Å². The minimum Gasteiger partial charge on any atom is -0.313 e. The highest BCUT2D eigenvalue weighted by Crippen LogP contribution is 2.41. The largest absolute Gasteiger partial charge is 0.417 e. The highest BCUT2D eigenvalue weighted by molar-refractivity contribution is 8.00. The van der Waals surface area contributed by atoms with E-state index in [2.05, 4.69) is 5.32 Å². The predicted octanol–water partition coefficient (Wildman–Crippen LogP) is 5.10. The summed E-state index contributed by atoms with van der Waals surface area (Å²) in [5.41, 5.74) is 0.136. The van der Waals surface area contributed by atoms with Gasteiger partial charge in [-0.15, -0.1) is 11.8 Å². The van der Waals surface area contributed by atoms with Crippen LogP contribution >= 0.6 is 11.8 Å². The first-order valence-electron chi connectivity index (χ1n) is 6.73. The van der Waals surface area contributed by atoms with Crippen molar-refractivity contribution in [2.24, 2.45) is 0 Å². The third-order valence-electron chi connectivity index (χ3n) is 2.52. The summed E-state index contributed by atoms with van der Waals surface area (Å²) in [6.45, 7) is 9.03. The van der Waals surface area contributed by atoms with Crippen molar-refractivity contribution >= 4 is 11.8 Å². The van der Waals surface area contributed by atoms with Crippen LogP contribution in [0.15, 0.2) is 23.1 Å². The summed E-state index contributed by atoms with van der Waals surface area (Å²) >= 11 is 1.25. The third kappa shape index (κ3) is 5.75. The Balaban J connectivity index is 3.01. The molecular formula is C15H22F3NS. The zero-order valence-corrected chi connectivity index (χ0v) is 13.2. The standard InChI is InChI=1S/C15H22F3NS/c1-5-8-19-10-11-6-7-13(20-14(2,3)4)12(9-11)15(16,17)18/h6-7,9,19H,5,8,10H2,1-4H3. The van der Waals surface area contributed by atoms with Gasteiger partial charge in [0.2, 0.25) is 0 Å². The first-order chi connectivity index (χ1) is 9.13. The van der Waals surface area contributed by atoms with Gasteiger partial charge in [-0.25, -0.2) is 0 Å². The van der Waals surface area contributed by atoms with Crippen LogP contribution < -0.4 is 5.32 Å². The third-order valence-corrected chi connectivity index (χ3v) is 3.71. The maximum atomic E-state index is 13.2. The molecule has 0 unspecified atom stereocenters. The minimum absolute atomic E-state index is 0.248. The van der Waals surface area contributed by atoms with Gasteiger partial charge < -0.3 is 5.32 Å². The average Bonchev–Trinajstić information content (AvgIpc) is 2.28. The molecule has 0 spiro atoms. The number of hydrogen-bond donors (Lipinski definition) is 1. The molecule has 0 amide bonds. The molecule has 1 nitrogen and oxygen atoms in total. The van der Waals surface area contributed by atoms with E-state index in [0.29, 0.717) is 17.0 Å². The molecule has 0 aliphatic carbocycles. The molecule has 1 rings (SSSR count). The Hall–Kier alpha value is -0.680. The topological polar surface area (TPSA) is 12.0 Å². The van der Waals surface area contributed by atoms with Crippen LogP contribution in [0.25, 0.3) is 0 Å². The van der Waals surface area contributed by atoms with E-state index in [9.17, 15) is 13.2 Å². The van der Waals surface area contributed by atoms with Crippen LogP contribution in [0.2, 0.25) is 0 Å². The molecule has 1 aromatic carbocycles. The van der Waals surface area contributed by atoms with Crippen LogP contribution in [0.1, 0.15) is 45.2 Å². The van der Waals surface area contributed by atoms with Crippen LogP contribution in [0.4, 0.5) is 13.2 Å². The van der Waals surface area contributed by atoms with E-state index in [1.54, 1.807) is 12.1 Å². The maximum Gasteiger partial charge on any atom is 0.417 e. The van der Waals surface area contributed by atoms with Gasteiger partial charge in [-0.05, 0) is 30.7 Å². The first kappa shape index (κ1) is 17.4. The number of rotatable bonds is 5. The maximum absolute atomic E-state index is 13.2. The molecule has 114 valence electrons. The van der Waals surface area contributed by atoms with Crippen LogP contribution in [-0.2, 0) is 12.7 Å². The van der Waals surface area contributed by atoms with Crippen LogP contribution in [0, 0.1) is 0 Å². The second-order valence-corrected chi connectivity index (χ2v) is 7.59. The summed E-state index contributed by atoms with van der Waals surface area (Å²) in [5.74, 6) is 0. The van der Waals surface area contributed by atoms with E-state index < -0.39 is 11.7 Å². The van der Waals surface area contributed by atoms with E-state index in [1.165, 1.54) is 17.8 Å². The number of halogens is 3. The molecule has 0 atom stereocenters. The fourth-order valence-electron chi connectivity index (χ4n) is 1.74. The number of alkyl halides is 3. The average molecular weight is 305 g/mol. The fourth-order valence-corrected chi connectivity index (χ4v) is 2.82. The molecule has 0 aromatic heterocycles. The van der Waals surface area contributed by atoms with Gasteiger partial charge in [0.25, 0.3) is 0 Å². The van der Waals surface area contributed by atoms with Crippen molar-refractivity contribution < 1.29 is 13.2 Å². The van der Waals surface area contributed by atoms with E-state index in [1.807, 2.05) is 27.7 Å². The lowest BCUT2D eigenvalue weighted by Crippen LogP contribution is -2.16. The van der Waals surface area contributed by atoms with Gasteiger partial charge in [-0.1, -0.05) is 33.8 Å². The first-order valence-corrected chi connectivity index (χ1v) is 7.55. The molecule has 1 aromatic rings. The lowest BCUT2D eigenvalue weighted by molar-refractivity contribution is -0.139. The summed E-state index contributed by atoms with van der Waals surface area (Å²) in [6.07, 6.45) is -3.35. The van der Waals surface area contributed by atoms with Gasteiger partial charge in [-0.2, -0.15) is 13.2 Å². The smallest absolute Gasteiger partial charge is 0.313 e. The van der Waals surface area contributed by atoms with Crippen molar-refractivity contribution in [2.45, 2.75) is 56.5 Å². The second kappa shape index (κ2) is 6.85. The molecule has 0 bridgehead atoms. The van der Waals surface area contributed by atoms with Gasteiger partial charge in [0, 0.05) is 16.2 Å². The Labute approximate surface area is 123 Å². The highest BCUT2D eigenvalue weighted by Gasteiger charge is 2.34. The zero-order chi connectivity index (χ0) is 15.4. The Morgan fingerprint density at radius 3 is 2.30 bits per heavy atom. The van der Waals surface area contributed by atoms with Crippen LogP contribution in [0.5, 0.6) is 0 Å². The van der Waals surface area contributed by atoms with Crippen molar-refractivity contribution in [1.82, 2.24) is 5.32 Å². The van der Waals surface area contributed by atoms with Crippen molar-refractivity contribution in [3.8, 4) is 0 Å². The Kier molecular flexibility index (Phi) is 5.95. The molecule has 1 N–H and O–H groups in total. The lowest BCUT2D eigenvalue weighted by Gasteiger charge is -2.21. The molecule has 0 fully saturated rings. The molecular weight excluding hydrogens is 283 g/mol. The van der Waals surface area contributed by atoms with Gasteiger partial charge in [0.1, 0.15) is 0 Å². The zero-order valence-electron chi connectivity index (χ0n) is 12.4. The number of benzene rings is 1. The van der Waals surface area contributed by atoms with Gasteiger partial charge >= 0.3 is 6.18 Å². The monoisotopic (exact) mass is 305 g/mol. The molecule has 0 radical (unpaired) electrons. The molecule has 5 heteroatoms.